The van der Waals surface area contributed by atoms with E-state index in [1.54, 1.807) is 6.07 Å². The van der Waals surface area contributed by atoms with Crippen LogP contribution in [0.25, 0.3) is 0 Å². The monoisotopic (exact) mass is 364 g/mol. The lowest BCUT2D eigenvalue weighted by molar-refractivity contribution is 0.354. The average Bonchev–Trinajstić information content (AvgIpc) is 2.49. The molecule has 0 fully saturated rings. The lowest BCUT2D eigenvalue weighted by atomic mass is 9.88. The van der Waals surface area contributed by atoms with Crippen LogP contribution < -0.4 is 0 Å². The first-order chi connectivity index (χ1) is 11.9. The maximum absolute atomic E-state index is 10.3. The third kappa shape index (κ3) is 8.33. The van der Waals surface area contributed by atoms with E-state index in [4.69, 9.17) is 0 Å². The summed E-state index contributed by atoms with van der Waals surface area (Å²) in [5.41, 5.74) is 2.47. The molecule has 150 valence electrons. The highest BCUT2D eigenvalue weighted by molar-refractivity contribution is 5.57. The summed E-state index contributed by atoms with van der Waals surface area (Å²) in [5, 5.41) is 30.1. The van der Waals surface area contributed by atoms with Gasteiger partial charge < -0.3 is 15.3 Å². The highest BCUT2D eigenvalue weighted by Crippen LogP contribution is 2.41. The summed E-state index contributed by atoms with van der Waals surface area (Å²) in [6.07, 6.45) is 9.35. The maximum Gasteiger partial charge on any atom is 0.200 e. The number of hydrogen-bond acceptors (Lipinski definition) is 3. The van der Waals surface area contributed by atoms with Gasteiger partial charge in [-0.2, -0.15) is 0 Å². The van der Waals surface area contributed by atoms with Gasteiger partial charge in [0.2, 0.25) is 5.75 Å². The SMILES string of the molecule is CC(C)(C)CCCCCc1c(CCCCC(C)(C)C)cc(O)c(O)c1O. The minimum absolute atomic E-state index is 0.133. The molecule has 0 saturated heterocycles. The predicted molar refractivity (Wildman–Crippen MR) is 110 cm³/mol. The van der Waals surface area contributed by atoms with Crippen LogP contribution in [0.5, 0.6) is 17.2 Å². The number of rotatable bonds is 9. The van der Waals surface area contributed by atoms with Gasteiger partial charge in [0, 0.05) is 5.56 Å². The molecule has 0 aliphatic carbocycles. The number of phenolic OH excluding ortho intramolecular Hbond substituents is 3. The molecule has 0 heterocycles. The van der Waals surface area contributed by atoms with E-state index in [0.29, 0.717) is 10.8 Å². The molecule has 0 bridgehead atoms. The lowest BCUT2D eigenvalue weighted by Gasteiger charge is -2.19. The van der Waals surface area contributed by atoms with Gasteiger partial charge in [-0.1, -0.05) is 60.8 Å². The van der Waals surface area contributed by atoms with Gasteiger partial charge in [0.25, 0.3) is 0 Å². The van der Waals surface area contributed by atoms with Crippen LogP contribution in [0.2, 0.25) is 0 Å². The van der Waals surface area contributed by atoms with Gasteiger partial charge >= 0.3 is 0 Å². The first kappa shape index (κ1) is 22.7. The Labute approximate surface area is 160 Å². The van der Waals surface area contributed by atoms with E-state index in [9.17, 15) is 15.3 Å². The summed E-state index contributed by atoms with van der Waals surface area (Å²) >= 11 is 0. The van der Waals surface area contributed by atoms with E-state index in [1.807, 2.05) is 0 Å². The minimum atomic E-state index is -0.381. The van der Waals surface area contributed by atoms with E-state index in [-0.39, 0.29) is 17.2 Å². The fraction of sp³-hybridized carbons (Fsp3) is 0.739. The van der Waals surface area contributed by atoms with Gasteiger partial charge in [-0.15, -0.1) is 0 Å². The largest absolute Gasteiger partial charge is 0.504 e. The molecule has 0 aliphatic rings. The van der Waals surface area contributed by atoms with Crippen molar-refractivity contribution in [2.24, 2.45) is 10.8 Å². The van der Waals surface area contributed by atoms with Crippen LogP contribution in [0.4, 0.5) is 0 Å². The molecule has 1 rings (SSSR count). The second-order valence-corrected chi connectivity index (χ2v) is 10.1. The molecular formula is C23H40O3. The lowest BCUT2D eigenvalue weighted by Crippen LogP contribution is -2.05. The third-order valence-corrected chi connectivity index (χ3v) is 4.93. The first-order valence-corrected chi connectivity index (χ1v) is 10.2. The molecule has 1 aromatic carbocycles. The molecule has 0 aliphatic heterocycles. The topological polar surface area (TPSA) is 60.7 Å². The number of unbranched alkanes of at least 4 members (excludes halogenated alkanes) is 3. The Hall–Kier alpha value is -1.38. The van der Waals surface area contributed by atoms with Crippen molar-refractivity contribution in [1.29, 1.82) is 0 Å². The highest BCUT2D eigenvalue weighted by Gasteiger charge is 2.17. The summed E-state index contributed by atoms with van der Waals surface area (Å²) < 4.78 is 0. The van der Waals surface area contributed by atoms with Crippen LogP contribution in [0.15, 0.2) is 6.07 Å². The van der Waals surface area contributed by atoms with Crippen molar-refractivity contribution in [3.8, 4) is 17.2 Å². The van der Waals surface area contributed by atoms with E-state index in [2.05, 4.69) is 41.5 Å². The van der Waals surface area contributed by atoms with Gasteiger partial charge in [0.05, 0.1) is 0 Å². The molecule has 1 aromatic rings. The molecule has 0 saturated carbocycles. The molecule has 0 radical (unpaired) electrons. The molecular weight excluding hydrogens is 324 g/mol. The molecule has 0 aromatic heterocycles. The van der Waals surface area contributed by atoms with Crippen LogP contribution in [0.3, 0.4) is 0 Å². The number of aryl methyl sites for hydroxylation is 1. The van der Waals surface area contributed by atoms with Crippen molar-refractivity contribution < 1.29 is 15.3 Å². The maximum atomic E-state index is 10.3. The quantitative estimate of drug-likeness (QED) is 0.337. The van der Waals surface area contributed by atoms with Crippen molar-refractivity contribution in [3.63, 3.8) is 0 Å². The van der Waals surface area contributed by atoms with Crippen LogP contribution in [0.1, 0.15) is 97.6 Å². The molecule has 0 atom stereocenters. The third-order valence-electron chi connectivity index (χ3n) is 4.93. The normalized spacial score (nSPS) is 12.5. The van der Waals surface area contributed by atoms with E-state index >= 15 is 0 Å². The van der Waals surface area contributed by atoms with Crippen molar-refractivity contribution in [2.45, 2.75) is 99.3 Å². The van der Waals surface area contributed by atoms with Crippen LogP contribution in [-0.2, 0) is 12.8 Å². The van der Waals surface area contributed by atoms with E-state index < -0.39 is 0 Å². The van der Waals surface area contributed by atoms with Crippen molar-refractivity contribution in [1.82, 2.24) is 0 Å². The summed E-state index contributed by atoms with van der Waals surface area (Å²) in [4.78, 5) is 0. The first-order valence-electron chi connectivity index (χ1n) is 10.2. The Morgan fingerprint density at radius 3 is 1.69 bits per heavy atom. The molecule has 0 unspecified atom stereocenters. The van der Waals surface area contributed by atoms with Crippen LogP contribution >= 0.6 is 0 Å². The van der Waals surface area contributed by atoms with Gasteiger partial charge in [0.1, 0.15) is 0 Å². The molecule has 3 nitrogen and oxygen atoms in total. The summed E-state index contributed by atoms with van der Waals surface area (Å²) in [6, 6.07) is 1.64. The Kier molecular flexibility index (Phi) is 8.30. The zero-order valence-electron chi connectivity index (χ0n) is 17.8. The summed E-state index contributed by atoms with van der Waals surface area (Å²) in [5.74, 6) is -0.732. The second kappa shape index (κ2) is 9.53. The summed E-state index contributed by atoms with van der Waals surface area (Å²) in [6.45, 7) is 13.5. The van der Waals surface area contributed by atoms with Gasteiger partial charge in [-0.25, -0.2) is 0 Å². The van der Waals surface area contributed by atoms with E-state index in [1.165, 1.54) is 12.8 Å². The number of phenols is 3. The standard InChI is InChI=1S/C23H40O3/c1-22(2,3)14-10-7-8-13-18-17(12-9-11-15-23(4,5)6)16-19(24)21(26)20(18)25/h16,24-26H,7-15H2,1-6H3. The van der Waals surface area contributed by atoms with Gasteiger partial charge in [0.15, 0.2) is 11.5 Å². The fourth-order valence-corrected chi connectivity index (χ4v) is 3.34. The molecule has 0 amide bonds. The van der Waals surface area contributed by atoms with Crippen LogP contribution in [-0.4, -0.2) is 15.3 Å². The molecule has 26 heavy (non-hydrogen) atoms. The van der Waals surface area contributed by atoms with Gasteiger partial charge in [-0.05, 0) is 61.0 Å². The van der Waals surface area contributed by atoms with Crippen molar-refractivity contribution in [2.75, 3.05) is 0 Å². The zero-order valence-corrected chi connectivity index (χ0v) is 17.8. The van der Waals surface area contributed by atoms with Crippen molar-refractivity contribution in [3.05, 3.63) is 17.2 Å². The minimum Gasteiger partial charge on any atom is -0.504 e. The predicted octanol–water partition coefficient (Wildman–Crippen LogP) is 6.71. The Morgan fingerprint density at radius 2 is 1.15 bits per heavy atom. The molecule has 3 N–H and O–H groups in total. The average molecular weight is 365 g/mol. The second-order valence-electron chi connectivity index (χ2n) is 10.1. The number of benzene rings is 1. The van der Waals surface area contributed by atoms with Crippen molar-refractivity contribution >= 4 is 0 Å². The summed E-state index contributed by atoms with van der Waals surface area (Å²) in [7, 11) is 0. The zero-order chi connectivity index (χ0) is 20.0. The molecule has 0 spiro atoms. The Balaban J connectivity index is 2.68. The molecule has 3 heteroatoms. The Bertz CT molecular complexity index is 562. The van der Waals surface area contributed by atoms with Gasteiger partial charge in [-0.3, -0.25) is 0 Å². The number of hydrogen-bond donors (Lipinski definition) is 3. The smallest absolute Gasteiger partial charge is 0.200 e. The fourth-order valence-electron chi connectivity index (χ4n) is 3.34. The Morgan fingerprint density at radius 1 is 0.654 bits per heavy atom. The van der Waals surface area contributed by atoms with Crippen LogP contribution in [0, 0.1) is 10.8 Å². The highest BCUT2D eigenvalue weighted by atomic mass is 16.3. The van der Waals surface area contributed by atoms with E-state index in [0.717, 1.165) is 56.1 Å². The number of aromatic hydroxyl groups is 3.